The molecule has 0 saturated heterocycles. The fourth-order valence-electron chi connectivity index (χ4n) is 1.98. The van der Waals surface area contributed by atoms with Crippen molar-refractivity contribution < 1.29 is 15.0 Å². The molecule has 0 saturated carbocycles. The number of benzene rings is 1. The number of hydrogen-bond donors (Lipinski definition) is 4. The molecule has 23 heavy (non-hydrogen) atoms. The molecular formula is C17H21N3O3. The highest BCUT2D eigenvalue weighted by molar-refractivity contribution is 5.74. The van der Waals surface area contributed by atoms with E-state index in [0.29, 0.717) is 6.54 Å². The summed E-state index contributed by atoms with van der Waals surface area (Å²) in [5.74, 6) is 0. The average Bonchev–Trinajstić information content (AvgIpc) is 2.61. The number of rotatable bonds is 6. The first-order valence-electron chi connectivity index (χ1n) is 7.33. The van der Waals surface area contributed by atoms with E-state index in [2.05, 4.69) is 15.6 Å². The van der Waals surface area contributed by atoms with Crippen molar-refractivity contribution >= 4 is 6.03 Å². The van der Waals surface area contributed by atoms with Gasteiger partial charge in [-0.3, -0.25) is 4.98 Å². The van der Waals surface area contributed by atoms with Crippen LogP contribution in [0.2, 0.25) is 0 Å². The van der Waals surface area contributed by atoms with Gasteiger partial charge in [-0.2, -0.15) is 0 Å². The van der Waals surface area contributed by atoms with Gasteiger partial charge in [-0.1, -0.05) is 30.3 Å². The van der Waals surface area contributed by atoms with E-state index >= 15 is 0 Å². The summed E-state index contributed by atoms with van der Waals surface area (Å²) in [6.07, 6.45) is 3.53. The highest BCUT2D eigenvalue weighted by Gasteiger charge is 2.24. The van der Waals surface area contributed by atoms with Crippen molar-refractivity contribution in [3.63, 3.8) is 0 Å². The third kappa shape index (κ3) is 4.77. The first-order valence-corrected chi connectivity index (χ1v) is 7.33. The van der Waals surface area contributed by atoms with Crippen LogP contribution in [0.5, 0.6) is 0 Å². The van der Waals surface area contributed by atoms with Crippen LogP contribution in [0.3, 0.4) is 0 Å². The number of pyridine rings is 1. The summed E-state index contributed by atoms with van der Waals surface area (Å²) in [5.41, 5.74) is 2.00. The van der Waals surface area contributed by atoms with Gasteiger partial charge in [0.15, 0.2) is 0 Å². The van der Waals surface area contributed by atoms with Gasteiger partial charge in [0.1, 0.15) is 0 Å². The Bertz CT molecular complexity index is 625. The van der Waals surface area contributed by atoms with Crippen LogP contribution in [0.15, 0.2) is 48.8 Å². The molecule has 2 amide bonds. The Kier molecular flexibility index (Phi) is 5.67. The van der Waals surface area contributed by atoms with Crippen molar-refractivity contribution in [3.8, 4) is 11.1 Å². The second kappa shape index (κ2) is 7.71. The number of aliphatic hydroxyl groups is 2. The van der Waals surface area contributed by atoms with Crippen LogP contribution in [0, 0.1) is 0 Å². The molecule has 0 atom stereocenters. The van der Waals surface area contributed by atoms with Crippen LogP contribution in [-0.4, -0.2) is 40.0 Å². The minimum Gasteiger partial charge on any atom is -0.394 e. The minimum absolute atomic E-state index is 0.337. The number of aliphatic hydroxyl groups excluding tert-OH is 2. The van der Waals surface area contributed by atoms with Crippen molar-refractivity contribution in [2.45, 2.75) is 19.0 Å². The maximum atomic E-state index is 11.8. The van der Waals surface area contributed by atoms with Crippen LogP contribution >= 0.6 is 0 Å². The Balaban J connectivity index is 1.90. The first kappa shape index (κ1) is 16.9. The first-order chi connectivity index (χ1) is 11.1. The second-order valence-corrected chi connectivity index (χ2v) is 5.62. The van der Waals surface area contributed by atoms with E-state index in [1.54, 1.807) is 19.3 Å². The molecule has 6 heteroatoms. The molecule has 1 aromatic heterocycles. The third-order valence-electron chi connectivity index (χ3n) is 3.52. The molecule has 4 N–H and O–H groups in total. The maximum Gasteiger partial charge on any atom is 0.315 e. The summed E-state index contributed by atoms with van der Waals surface area (Å²) in [6, 6.07) is 11.2. The van der Waals surface area contributed by atoms with Gasteiger partial charge in [-0.05, 0) is 29.7 Å². The molecular weight excluding hydrogens is 294 g/mol. The maximum absolute atomic E-state index is 11.8. The molecule has 0 aliphatic carbocycles. The summed E-state index contributed by atoms with van der Waals surface area (Å²) in [6.45, 7) is 1.24. The van der Waals surface area contributed by atoms with Gasteiger partial charge in [0, 0.05) is 18.9 Å². The Hall–Kier alpha value is -2.44. The Morgan fingerprint density at radius 3 is 2.39 bits per heavy atom. The zero-order valence-electron chi connectivity index (χ0n) is 13.0. The lowest BCUT2D eigenvalue weighted by molar-refractivity contribution is 0.109. The lowest BCUT2D eigenvalue weighted by Crippen LogP contribution is -2.54. The molecule has 0 fully saturated rings. The van der Waals surface area contributed by atoms with Gasteiger partial charge >= 0.3 is 6.03 Å². The predicted octanol–water partition coefficient (Wildman–Crippen LogP) is 1.29. The van der Waals surface area contributed by atoms with Gasteiger partial charge < -0.3 is 20.8 Å². The van der Waals surface area contributed by atoms with Crippen LogP contribution in [-0.2, 0) is 6.54 Å². The molecule has 6 nitrogen and oxygen atoms in total. The van der Waals surface area contributed by atoms with Crippen molar-refractivity contribution in [1.82, 2.24) is 15.6 Å². The minimum atomic E-state index is -1.03. The molecule has 2 rings (SSSR count). The Morgan fingerprint density at radius 2 is 1.83 bits per heavy atom. The molecule has 0 bridgehead atoms. The number of hydrogen-bond acceptors (Lipinski definition) is 4. The molecule has 2 aromatic rings. The lowest BCUT2D eigenvalue weighted by Gasteiger charge is -2.26. The summed E-state index contributed by atoms with van der Waals surface area (Å²) >= 11 is 0. The Labute approximate surface area is 135 Å². The van der Waals surface area contributed by atoms with Gasteiger partial charge in [0.05, 0.1) is 18.8 Å². The second-order valence-electron chi connectivity index (χ2n) is 5.62. The predicted molar refractivity (Wildman–Crippen MR) is 87.6 cm³/mol. The molecule has 0 aliphatic heterocycles. The molecule has 0 aliphatic rings. The van der Waals surface area contributed by atoms with Crippen LogP contribution in [0.4, 0.5) is 4.79 Å². The quantitative estimate of drug-likeness (QED) is 0.646. The number of urea groups is 1. The van der Waals surface area contributed by atoms with Crippen molar-refractivity contribution in [1.29, 1.82) is 0 Å². The van der Waals surface area contributed by atoms with Gasteiger partial charge in [-0.25, -0.2) is 4.79 Å². The lowest BCUT2D eigenvalue weighted by atomic mass is 10.1. The zero-order valence-corrected chi connectivity index (χ0v) is 13.0. The average molecular weight is 315 g/mol. The summed E-state index contributed by atoms with van der Waals surface area (Å²) in [7, 11) is 0. The van der Waals surface area contributed by atoms with E-state index in [9.17, 15) is 4.79 Å². The smallest absolute Gasteiger partial charge is 0.315 e. The van der Waals surface area contributed by atoms with Crippen molar-refractivity contribution in [3.05, 3.63) is 54.4 Å². The van der Waals surface area contributed by atoms with Crippen LogP contribution in [0.25, 0.3) is 11.1 Å². The topological polar surface area (TPSA) is 94.5 Å². The fourth-order valence-corrected chi connectivity index (χ4v) is 1.98. The van der Waals surface area contributed by atoms with E-state index in [1.165, 1.54) is 0 Å². The fraction of sp³-hybridized carbons (Fsp3) is 0.294. The third-order valence-corrected chi connectivity index (χ3v) is 3.52. The molecule has 0 radical (unpaired) electrons. The summed E-state index contributed by atoms with van der Waals surface area (Å²) in [5, 5.41) is 23.5. The number of nitrogens with zero attached hydrogens (tertiary/aromatic N) is 1. The normalized spacial score (nSPS) is 11.1. The Morgan fingerprint density at radius 1 is 1.13 bits per heavy atom. The van der Waals surface area contributed by atoms with Crippen molar-refractivity contribution in [2.24, 2.45) is 0 Å². The molecule has 1 aromatic carbocycles. The standard InChI is InChI=1S/C17H21N3O3/c1-17(11-21,12-22)20-16(23)19-9-13-4-6-14(7-5-13)15-3-2-8-18-10-15/h2-8,10,21-22H,9,11-12H2,1H3,(H2,19,20,23). The summed E-state index contributed by atoms with van der Waals surface area (Å²) < 4.78 is 0. The number of nitrogens with one attached hydrogen (secondary N) is 2. The monoisotopic (exact) mass is 315 g/mol. The van der Waals surface area contributed by atoms with E-state index in [1.807, 2.05) is 36.4 Å². The number of carbonyl (C=O) groups is 1. The van der Waals surface area contributed by atoms with Crippen LogP contribution < -0.4 is 10.6 Å². The number of amides is 2. The highest BCUT2D eigenvalue weighted by atomic mass is 16.3. The SMILES string of the molecule is CC(CO)(CO)NC(=O)NCc1ccc(-c2cccnc2)cc1. The van der Waals surface area contributed by atoms with E-state index in [4.69, 9.17) is 10.2 Å². The van der Waals surface area contributed by atoms with Gasteiger partial charge in [-0.15, -0.1) is 0 Å². The van der Waals surface area contributed by atoms with E-state index in [-0.39, 0.29) is 13.2 Å². The van der Waals surface area contributed by atoms with Crippen molar-refractivity contribution in [2.75, 3.05) is 13.2 Å². The summed E-state index contributed by atoms with van der Waals surface area (Å²) in [4.78, 5) is 15.9. The molecule has 1 heterocycles. The molecule has 122 valence electrons. The van der Waals surface area contributed by atoms with E-state index < -0.39 is 11.6 Å². The van der Waals surface area contributed by atoms with Gasteiger partial charge in [0.2, 0.25) is 0 Å². The molecule has 0 unspecified atom stereocenters. The largest absolute Gasteiger partial charge is 0.394 e. The zero-order chi connectivity index (χ0) is 16.7. The molecule has 0 spiro atoms. The van der Waals surface area contributed by atoms with Gasteiger partial charge in [0.25, 0.3) is 0 Å². The number of aromatic nitrogens is 1. The number of carbonyl (C=O) groups excluding carboxylic acids is 1. The van der Waals surface area contributed by atoms with Crippen LogP contribution in [0.1, 0.15) is 12.5 Å². The van der Waals surface area contributed by atoms with E-state index in [0.717, 1.165) is 16.7 Å². The highest BCUT2D eigenvalue weighted by Crippen LogP contribution is 2.18.